The Kier molecular flexibility index (Phi) is 4.52. The van der Waals surface area contributed by atoms with Crippen molar-refractivity contribution in [3.63, 3.8) is 0 Å². The van der Waals surface area contributed by atoms with Gasteiger partial charge in [0.25, 0.3) is 5.91 Å². The minimum atomic E-state index is -0.242. The molecule has 2 unspecified atom stereocenters. The number of nitrogens with two attached hydrogens (primary N) is 1. The Hall–Kier alpha value is -1.55. The molecule has 3 N–H and O–H groups in total. The summed E-state index contributed by atoms with van der Waals surface area (Å²) in [7, 11) is 0. The van der Waals surface area contributed by atoms with Crippen molar-refractivity contribution >= 4 is 11.6 Å². The third-order valence-electron chi connectivity index (χ3n) is 5.03. The molecule has 0 aromatic heterocycles. The summed E-state index contributed by atoms with van der Waals surface area (Å²) < 4.78 is 0. The summed E-state index contributed by atoms with van der Waals surface area (Å²) in [5.74, 6) is 5.79. The zero-order valence-electron chi connectivity index (χ0n) is 14.7. The lowest BCUT2D eigenvalue weighted by molar-refractivity contribution is -0.122. The fraction of sp³-hybridized carbons (Fsp3) is 0.611. The predicted octanol–water partition coefficient (Wildman–Crippen LogP) is 3.16. The van der Waals surface area contributed by atoms with Gasteiger partial charge < -0.3 is 4.90 Å². The molecule has 22 heavy (non-hydrogen) atoms. The maximum Gasteiger partial charge on any atom is 0.256 e. The number of nitrogens with zero attached hydrogens (tertiary/aromatic N) is 1. The molecule has 1 aromatic rings. The van der Waals surface area contributed by atoms with Crippen LogP contribution in [0.2, 0.25) is 0 Å². The van der Waals surface area contributed by atoms with Crippen molar-refractivity contribution in [3.05, 3.63) is 28.8 Å². The molecule has 1 aromatic carbocycles. The number of amides is 1. The molecule has 0 saturated carbocycles. The number of hydrogen-bond acceptors (Lipinski definition) is 3. The van der Waals surface area contributed by atoms with Crippen molar-refractivity contribution in [2.45, 2.75) is 71.9 Å². The molecule has 0 radical (unpaired) electrons. The van der Waals surface area contributed by atoms with E-state index in [0.29, 0.717) is 5.92 Å². The van der Waals surface area contributed by atoms with Gasteiger partial charge in [0.05, 0.1) is 0 Å². The fourth-order valence-electron chi connectivity index (χ4n) is 3.88. The van der Waals surface area contributed by atoms with E-state index in [0.717, 1.165) is 12.8 Å². The molecule has 0 bridgehead atoms. The second-order valence-electron chi connectivity index (χ2n) is 7.22. The Bertz CT molecular complexity index is 580. The SMILES string of the molecule is CCC(C(=O)NN)N1c2cc(C)c(C)cc2C(C)CC1(C)C. The van der Waals surface area contributed by atoms with E-state index in [9.17, 15) is 4.79 Å². The number of carbonyl (C=O) groups is 1. The van der Waals surface area contributed by atoms with Crippen LogP contribution >= 0.6 is 0 Å². The van der Waals surface area contributed by atoms with E-state index >= 15 is 0 Å². The molecular formula is C18H29N3O. The van der Waals surface area contributed by atoms with E-state index in [4.69, 9.17) is 5.84 Å². The van der Waals surface area contributed by atoms with E-state index in [1.165, 1.54) is 22.4 Å². The normalized spacial score (nSPS) is 21.2. The van der Waals surface area contributed by atoms with Crippen molar-refractivity contribution in [1.29, 1.82) is 0 Å². The zero-order valence-corrected chi connectivity index (χ0v) is 14.7. The first-order valence-electron chi connectivity index (χ1n) is 8.13. The number of aryl methyl sites for hydroxylation is 2. The third-order valence-corrected chi connectivity index (χ3v) is 5.03. The van der Waals surface area contributed by atoms with Crippen LogP contribution in [0.5, 0.6) is 0 Å². The predicted molar refractivity (Wildman–Crippen MR) is 91.9 cm³/mol. The molecule has 2 atom stereocenters. The summed E-state index contributed by atoms with van der Waals surface area (Å²) in [4.78, 5) is 14.6. The molecule has 0 spiro atoms. The number of nitrogens with one attached hydrogen (secondary N) is 1. The van der Waals surface area contributed by atoms with Gasteiger partial charge in [-0.05, 0) is 69.2 Å². The number of anilines is 1. The lowest BCUT2D eigenvalue weighted by Gasteiger charge is -2.50. The molecule has 4 heteroatoms. The lowest BCUT2D eigenvalue weighted by atomic mass is 9.78. The molecule has 122 valence electrons. The average Bonchev–Trinajstić information content (AvgIpc) is 2.44. The Balaban J connectivity index is 2.63. The van der Waals surface area contributed by atoms with Crippen LogP contribution in [0.3, 0.4) is 0 Å². The topological polar surface area (TPSA) is 58.4 Å². The van der Waals surface area contributed by atoms with Crippen LogP contribution < -0.4 is 16.2 Å². The second kappa shape index (κ2) is 5.92. The van der Waals surface area contributed by atoms with Gasteiger partial charge in [-0.3, -0.25) is 10.2 Å². The van der Waals surface area contributed by atoms with Gasteiger partial charge in [0.15, 0.2) is 0 Å². The number of rotatable bonds is 3. The summed E-state index contributed by atoms with van der Waals surface area (Å²) in [5.41, 5.74) is 7.35. The summed E-state index contributed by atoms with van der Waals surface area (Å²) in [6.45, 7) is 13.0. The summed E-state index contributed by atoms with van der Waals surface area (Å²) >= 11 is 0. The number of hydrogen-bond donors (Lipinski definition) is 2. The summed E-state index contributed by atoms with van der Waals surface area (Å²) in [5, 5.41) is 0. The van der Waals surface area contributed by atoms with Crippen molar-refractivity contribution < 1.29 is 4.79 Å². The zero-order chi connectivity index (χ0) is 16.7. The molecule has 0 aliphatic carbocycles. The Morgan fingerprint density at radius 2 is 2.00 bits per heavy atom. The number of fused-ring (bicyclic) bond motifs is 1. The van der Waals surface area contributed by atoms with Crippen LogP contribution in [-0.2, 0) is 4.79 Å². The first-order valence-corrected chi connectivity index (χ1v) is 8.13. The highest BCUT2D eigenvalue weighted by molar-refractivity contribution is 5.86. The minimum absolute atomic E-state index is 0.0820. The molecule has 2 rings (SSSR count). The second-order valence-corrected chi connectivity index (χ2v) is 7.22. The highest BCUT2D eigenvalue weighted by Gasteiger charge is 2.41. The van der Waals surface area contributed by atoms with E-state index in [1.54, 1.807) is 0 Å². The van der Waals surface area contributed by atoms with Crippen molar-refractivity contribution in [3.8, 4) is 0 Å². The van der Waals surface area contributed by atoms with E-state index in [2.05, 4.69) is 57.1 Å². The van der Waals surface area contributed by atoms with Crippen LogP contribution in [0.25, 0.3) is 0 Å². The molecule has 1 heterocycles. The van der Waals surface area contributed by atoms with Gasteiger partial charge in [0, 0.05) is 11.2 Å². The largest absolute Gasteiger partial charge is 0.354 e. The molecule has 0 saturated heterocycles. The highest BCUT2D eigenvalue weighted by Crippen LogP contribution is 2.45. The average molecular weight is 303 g/mol. The standard InChI is InChI=1S/C18H29N3O/c1-7-15(17(22)20-19)21-16-9-12(3)11(2)8-14(16)13(4)10-18(21,5)6/h8-9,13,15H,7,10,19H2,1-6H3,(H,20,22). The molecular weight excluding hydrogens is 274 g/mol. The van der Waals surface area contributed by atoms with Crippen molar-refractivity contribution in [1.82, 2.24) is 5.43 Å². The lowest BCUT2D eigenvalue weighted by Crippen LogP contribution is -2.59. The molecule has 0 fully saturated rings. The minimum Gasteiger partial charge on any atom is -0.354 e. The van der Waals surface area contributed by atoms with E-state index < -0.39 is 0 Å². The summed E-state index contributed by atoms with van der Waals surface area (Å²) in [6, 6.07) is 4.27. The fourth-order valence-corrected chi connectivity index (χ4v) is 3.88. The smallest absolute Gasteiger partial charge is 0.256 e. The molecule has 1 aliphatic rings. The van der Waals surface area contributed by atoms with Crippen molar-refractivity contribution in [2.24, 2.45) is 5.84 Å². The number of benzene rings is 1. The van der Waals surface area contributed by atoms with E-state index in [1.807, 2.05) is 6.92 Å². The van der Waals surface area contributed by atoms with Gasteiger partial charge in [-0.25, -0.2) is 5.84 Å². The molecule has 1 amide bonds. The van der Waals surface area contributed by atoms with Crippen molar-refractivity contribution in [2.75, 3.05) is 4.90 Å². The van der Waals surface area contributed by atoms with Gasteiger partial charge in [-0.15, -0.1) is 0 Å². The Morgan fingerprint density at radius 1 is 1.41 bits per heavy atom. The first-order chi connectivity index (χ1) is 10.2. The van der Waals surface area contributed by atoms with Crippen LogP contribution in [-0.4, -0.2) is 17.5 Å². The van der Waals surface area contributed by atoms with Gasteiger partial charge in [-0.1, -0.05) is 19.9 Å². The van der Waals surface area contributed by atoms with Crippen LogP contribution in [0.1, 0.15) is 63.1 Å². The number of carbonyl (C=O) groups excluding carboxylic acids is 1. The first kappa shape index (κ1) is 16.8. The van der Waals surface area contributed by atoms with Crippen LogP contribution in [0.15, 0.2) is 12.1 Å². The maximum absolute atomic E-state index is 12.3. The Morgan fingerprint density at radius 3 is 2.55 bits per heavy atom. The number of hydrazine groups is 1. The maximum atomic E-state index is 12.3. The van der Waals surface area contributed by atoms with Crippen LogP contribution in [0, 0.1) is 13.8 Å². The van der Waals surface area contributed by atoms with Gasteiger partial charge in [0.2, 0.25) is 0 Å². The molecule has 4 nitrogen and oxygen atoms in total. The Labute approximate surface area is 134 Å². The van der Waals surface area contributed by atoms with Gasteiger partial charge in [0.1, 0.15) is 6.04 Å². The van der Waals surface area contributed by atoms with E-state index in [-0.39, 0.29) is 17.5 Å². The monoisotopic (exact) mass is 303 g/mol. The summed E-state index contributed by atoms with van der Waals surface area (Å²) in [6.07, 6.45) is 1.75. The van der Waals surface area contributed by atoms with Gasteiger partial charge >= 0.3 is 0 Å². The highest BCUT2D eigenvalue weighted by atomic mass is 16.2. The van der Waals surface area contributed by atoms with Gasteiger partial charge in [-0.2, -0.15) is 0 Å². The molecule has 1 aliphatic heterocycles. The van der Waals surface area contributed by atoms with Crippen LogP contribution in [0.4, 0.5) is 5.69 Å². The quantitative estimate of drug-likeness (QED) is 0.512. The third kappa shape index (κ3) is 2.72.